The summed E-state index contributed by atoms with van der Waals surface area (Å²) < 4.78 is 0. The maximum atomic E-state index is 11.6. The lowest BCUT2D eigenvalue weighted by Crippen LogP contribution is -2.24. The Labute approximate surface area is 81.2 Å². The molecule has 2 rings (SSSR count). The van der Waals surface area contributed by atoms with E-state index in [2.05, 4.69) is 10.6 Å². The molecule has 1 saturated heterocycles. The van der Waals surface area contributed by atoms with Gasteiger partial charge in [-0.05, 0) is 24.4 Å². The van der Waals surface area contributed by atoms with Crippen LogP contribution in [0.3, 0.4) is 0 Å². The summed E-state index contributed by atoms with van der Waals surface area (Å²) in [5, 5.41) is 9.98. The van der Waals surface area contributed by atoms with Crippen LogP contribution in [0.25, 0.3) is 0 Å². The highest BCUT2D eigenvalue weighted by atomic mass is 32.1. The van der Waals surface area contributed by atoms with E-state index in [1.807, 2.05) is 16.8 Å². The minimum atomic E-state index is 0.142. The lowest BCUT2D eigenvalue weighted by molar-refractivity contribution is -0.119. The third kappa shape index (κ3) is 2.08. The van der Waals surface area contributed by atoms with Gasteiger partial charge >= 0.3 is 0 Å². The lowest BCUT2D eigenvalue weighted by Gasteiger charge is -2.07. The Balaban J connectivity index is 1.91. The summed E-state index contributed by atoms with van der Waals surface area (Å²) in [6.45, 7) is 1.78. The Morgan fingerprint density at radius 2 is 2.62 bits per heavy atom. The fraction of sp³-hybridized carbons (Fsp3) is 0.444. The second-order valence-electron chi connectivity index (χ2n) is 3.19. The van der Waals surface area contributed by atoms with Crippen LogP contribution < -0.4 is 10.6 Å². The molecule has 0 radical (unpaired) electrons. The number of carbonyl (C=O) groups is 1. The second kappa shape index (κ2) is 3.89. The molecule has 0 aliphatic carbocycles. The van der Waals surface area contributed by atoms with Gasteiger partial charge in [-0.25, -0.2) is 0 Å². The molecule has 3 nitrogen and oxygen atoms in total. The molecule has 0 bridgehead atoms. The molecule has 13 heavy (non-hydrogen) atoms. The van der Waals surface area contributed by atoms with Gasteiger partial charge in [-0.2, -0.15) is 11.3 Å². The Bertz CT molecular complexity index is 278. The quantitative estimate of drug-likeness (QED) is 0.748. The summed E-state index contributed by atoms with van der Waals surface area (Å²) >= 11 is 1.59. The van der Waals surface area contributed by atoms with Gasteiger partial charge in [-0.15, -0.1) is 0 Å². The van der Waals surface area contributed by atoms with Gasteiger partial charge in [0.15, 0.2) is 0 Å². The first-order valence-corrected chi connectivity index (χ1v) is 5.34. The highest BCUT2D eigenvalue weighted by molar-refractivity contribution is 7.08. The van der Waals surface area contributed by atoms with Crippen LogP contribution in [0.15, 0.2) is 16.8 Å². The molecule has 4 heteroatoms. The average Bonchev–Trinajstić information content (AvgIpc) is 2.74. The normalized spacial score (nSPS) is 21.7. The molecule has 2 N–H and O–H groups in total. The van der Waals surface area contributed by atoms with Crippen LogP contribution in [0.2, 0.25) is 0 Å². The molecule has 0 saturated carbocycles. The van der Waals surface area contributed by atoms with Gasteiger partial charge in [0.25, 0.3) is 0 Å². The molecule has 2 heterocycles. The molecule has 1 aliphatic rings. The number of hydrogen-bond donors (Lipinski definition) is 2. The molecule has 1 aromatic heterocycles. The van der Waals surface area contributed by atoms with Crippen molar-refractivity contribution in [2.75, 3.05) is 18.4 Å². The topological polar surface area (TPSA) is 41.1 Å². The largest absolute Gasteiger partial charge is 0.325 e. The zero-order chi connectivity index (χ0) is 9.10. The maximum absolute atomic E-state index is 11.6. The fourth-order valence-corrected chi connectivity index (χ4v) is 2.05. The van der Waals surface area contributed by atoms with Crippen LogP contribution in [0, 0.1) is 5.92 Å². The number of amides is 1. The summed E-state index contributed by atoms with van der Waals surface area (Å²) in [5.74, 6) is 0.295. The number of nitrogens with one attached hydrogen (secondary N) is 2. The number of thiophene rings is 1. The van der Waals surface area contributed by atoms with Crippen molar-refractivity contribution in [3.05, 3.63) is 16.8 Å². The van der Waals surface area contributed by atoms with Gasteiger partial charge in [0, 0.05) is 11.9 Å². The lowest BCUT2D eigenvalue weighted by atomic mass is 10.1. The van der Waals surface area contributed by atoms with Crippen molar-refractivity contribution in [3.8, 4) is 0 Å². The Kier molecular flexibility index (Phi) is 2.61. The van der Waals surface area contributed by atoms with Crippen molar-refractivity contribution in [1.82, 2.24) is 5.32 Å². The number of rotatable bonds is 2. The first kappa shape index (κ1) is 8.72. The van der Waals surface area contributed by atoms with Crippen LogP contribution in [0.4, 0.5) is 5.69 Å². The van der Waals surface area contributed by atoms with Gasteiger partial charge in [0.2, 0.25) is 5.91 Å². The molecule has 1 aromatic rings. The minimum absolute atomic E-state index is 0.142. The minimum Gasteiger partial charge on any atom is -0.325 e. The molecule has 1 atom stereocenters. The van der Waals surface area contributed by atoms with Gasteiger partial charge in [-0.1, -0.05) is 0 Å². The zero-order valence-corrected chi connectivity index (χ0v) is 8.06. The van der Waals surface area contributed by atoms with Crippen molar-refractivity contribution in [2.24, 2.45) is 5.92 Å². The predicted molar refractivity (Wildman–Crippen MR) is 53.9 cm³/mol. The van der Waals surface area contributed by atoms with Crippen LogP contribution in [0.5, 0.6) is 0 Å². The van der Waals surface area contributed by atoms with Crippen molar-refractivity contribution < 1.29 is 4.79 Å². The molecule has 0 unspecified atom stereocenters. The van der Waals surface area contributed by atoms with Crippen LogP contribution >= 0.6 is 11.3 Å². The molecular formula is C9H12N2OS. The van der Waals surface area contributed by atoms with Crippen molar-refractivity contribution in [1.29, 1.82) is 0 Å². The van der Waals surface area contributed by atoms with Crippen molar-refractivity contribution >= 4 is 22.9 Å². The van der Waals surface area contributed by atoms with E-state index in [9.17, 15) is 4.79 Å². The Morgan fingerprint density at radius 3 is 3.23 bits per heavy atom. The smallest absolute Gasteiger partial charge is 0.228 e. The number of hydrogen-bond acceptors (Lipinski definition) is 3. The molecular weight excluding hydrogens is 184 g/mol. The van der Waals surface area contributed by atoms with E-state index in [0.717, 1.165) is 25.2 Å². The van der Waals surface area contributed by atoms with E-state index in [0.29, 0.717) is 0 Å². The third-order valence-electron chi connectivity index (χ3n) is 2.22. The highest BCUT2D eigenvalue weighted by Crippen LogP contribution is 2.15. The molecule has 70 valence electrons. The zero-order valence-electron chi connectivity index (χ0n) is 7.25. The first-order valence-electron chi connectivity index (χ1n) is 4.40. The van der Waals surface area contributed by atoms with E-state index in [4.69, 9.17) is 0 Å². The second-order valence-corrected chi connectivity index (χ2v) is 3.97. The standard InChI is InChI=1S/C9H12N2OS/c12-9(7-1-3-10-5-7)11-8-2-4-13-6-8/h2,4,6-7,10H,1,3,5H2,(H,11,12)/t7-/m1/s1. The van der Waals surface area contributed by atoms with Crippen LogP contribution in [-0.4, -0.2) is 19.0 Å². The first-order chi connectivity index (χ1) is 6.36. The van der Waals surface area contributed by atoms with Gasteiger partial charge < -0.3 is 10.6 Å². The number of anilines is 1. The van der Waals surface area contributed by atoms with Crippen LogP contribution in [0.1, 0.15) is 6.42 Å². The van der Waals surface area contributed by atoms with Gasteiger partial charge in [-0.3, -0.25) is 4.79 Å². The molecule has 1 amide bonds. The van der Waals surface area contributed by atoms with E-state index in [1.165, 1.54) is 0 Å². The van der Waals surface area contributed by atoms with E-state index >= 15 is 0 Å². The molecule has 1 aliphatic heterocycles. The van der Waals surface area contributed by atoms with E-state index in [1.54, 1.807) is 11.3 Å². The SMILES string of the molecule is O=C(Nc1ccsc1)[C@@H]1CCNC1. The summed E-state index contributed by atoms with van der Waals surface area (Å²) in [6.07, 6.45) is 0.954. The van der Waals surface area contributed by atoms with Gasteiger partial charge in [0.1, 0.15) is 0 Å². The molecule has 0 aromatic carbocycles. The summed E-state index contributed by atoms with van der Waals surface area (Å²) in [5.41, 5.74) is 0.918. The predicted octanol–water partition coefficient (Wildman–Crippen LogP) is 1.30. The summed E-state index contributed by atoms with van der Waals surface area (Å²) in [6, 6.07) is 1.92. The Morgan fingerprint density at radius 1 is 1.69 bits per heavy atom. The average molecular weight is 196 g/mol. The van der Waals surface area contributed by atoms with Crippen molar-refractivity contribution in [3.63, 3.8) is 0 Å². The fourth-order valence-electron chi connectivity index (χ4n) is 1.46. The highest BCUT2D eigenvalue weighted by Gasteiger charge is 2.22. The molecule has 1 fully saturated rings. The van der Waals surface area contributed by atoms with Crippen molar-refractivity contribution in [2.45, 2.75) is 6.42 Å². The Hall–Kier alpha value is -0.870. The maximum Gasteiger partial charge on any atom is 0.228 e. The van der Waals surface area contributed by atoms with Crippen LogP contribution in [-0.2, 0) is 4.79 Å². The summed E-state index contributed by atoms with van der Waals surface area (Å²) in [7, 11) is 0. The summed E-state index contributed by atoms with van der Waals surface area (Å²) in [4.78, 5) is 11.6. The monoisotopic (exact) mass is 196 g/mol. The third-order valence-corrected chi connectivity index (χ3v) is 2.90. The van der Waals surface area contributed by atoms with E-state index in [-0.39, 0.29) is 11.8 Å². The molecule has 0 spiro atoms. The van der Waals surface area contributed by atoms with E-state index < -0.39 is 0 Å². The number of carbonyl (C=O) groups excluding carboxylic acids is 1. The van der Waals surface area contributed by atoms with Gasteiger partial charge in [0.05, 0.1) is 11.6 Å².